The summed E-state index contributed by atoms with van der Waals surface area (Å²) in [5.41, 5.74) is 5.17. The molecule has 17 heavy (non-hydrogen) atoms. The number of hydrogen-bond acceptors (Lipinski definition) is 5. The molecule has 0 atom stereocenters. The van der Waals surface area contributed by atoms with Crippen LogP contribution >= 0.6 is 12.2 Å². The van der Waals surface area contributed by atoms with Crippen LogP contribution in [0.3, 0.4) is 0 Å². The first-order valence-corrected chi connectivity index (χ1v) is 5.19. The van der Waals surface area contributed by atoms with E-state index in [-0.39, 0.29) is 18.1 Å². The number of carbonyl (C=O) groups excluding carboxylic acids is 2. The Morgan fingerprint density at radius 1 is 1.35 bits per heavy atom. The minimum absolute atomic E-state index is 0.00463. The van der Waals surface area contributed by atoms with E-state index in [4.69, 9.17) is 5.73 Å². The molecule has 2 amide bonds. The molecule has 1 aromatic rings. The van der Waals surface area contributed by atoms with Crippen molar-refractivity contribution in [1.82, 2.24) is 25.6 Å². The summed E-state index contributed by atoms with van der Waals surface area (Å²) >= 11 is 4.55. The van der Waals surface area contributed by atoms with Gasteiger partial charge in [-0.2, -0.15) is 0 Å². The summed E-state index contributed by atoms with van der Waals surface area (Å²) in [5, 5.41) is 12.0. The molecular weight excluding hydrogens is 244 g/mol. The van der Waals surface area contributed by atoms with Gasteiger partial charge in [0.25, 0.3) is 0 Å². The third kappa shape index (κ3) is 5.02. The van der Waals surface area contributed by atoms with Crippen molar-refractivity contribution in [3.63, 3.8) is 0 Å². The monoisotopic (exact) mass is 256 g/mol. The van der Waals surface area contributed by atoms with Crippen LogP contribution in [0.15, 0.2) is 12.4 Å². The molecule has 0 spiro atoms. The number of rotatable bonds is 5. The zero-order chi connectivity index (χ0) is 12.7. The van der Waals surface area contributed by atoms with Crippen LogP contribution in [0.4, 0.5) is 0 Å². The average molecular weight is 256 g/mol. The molecule has 4 N–H and O–H groups in total. The van der Waals surface area contributed by atoms with Gasteiger partial charge in [-0.25, -0.2) is 0 Å². The molecule has 8 nitrogen and oxygen atoms in total. The molecule has 0 saturated carbocycles. The van der Waals surface area contributed by atoms with Crippen molar-refractivity contribution in [3.05, 3.63) is 12.4 Å². The number of nitrogens with zero attached hydrogens (tertiary/aromatic N) is 3. The highest BCUT2D eigenvalue weighted by molar-refractivity contribution is 7.80. The van der Waals surface area contributed by atoms with Gasteiger partial charge in [-0.05, 0) is 0 Å². The van der Waals surface area contributed by atoms with Gasteiger partial charge in [-0.3, -0.25) is 14.3 Å². The Labute approximate surface area is 103 Å². The van der Waals surface area contributed by atoms with Gasteiger partial charge in [0.15, 0.2) is 0 Å². The molecule has 1 rings (SSSR count). The summed E-state index contributed by atoms with van der Waals surface area (Å²) in [7, 11) is 0. The highest BCUT2D eigenvalue weighted by atomic mass is 32.1. The van der Waals surface area contributed by atoms with Gasteiger partial charge in [0, 0.05) is 12.7 Å². The summed E-state index contributed by atoms with van der Waals surface area (Å²) in [6, 6.07) is 0. The third-order valence-corrected chi connectivity index (χ3v) is 1.87. The molecule has 1 aromatic heterocycles. The number of carbonyl (C=O) groups is 2. The summed E-state index contributed by atoms with van der Waals surface area (Å²) < 4.78 is 1.53. The van der Waals surface area contributed by atoms with Gasteiger partial charge >= 0.3 is 11.8 Å². The molecule has 0 radical (unpaired) electrons. The van der Waals surface area contributed by atoms with E-state index in [0.717, 1.165) is 0 Å². The van der Waals surface area contributed by atoms with Crippen LogP contribution in [0.2, 0.25) is 0 Å². The van der Waals surface area contributed by atoms with Crippen molar-refractivity contribution in [2.75, 3.05) is 13.1 Å². The second-order valence-corrected chi connectivity index (χ2v) is 3.60. The number of hydrogen-bond donors (Lipinski definition) is 3. The van der Waals surface area contributed by atoms with Crippen molar-refractivity contribution in [3.8, 4) is 0 Å². The van der Waals surface area contributed by atoms with Crippen molar-refractivity contribution in [2.24, 2.45) is 5.73 Å². The van der Waals surface area contributed by atoms with E-state index in [1.165, 1.54) is 10.9 Å². The van der Waals surface area contributed by atoms with E-state index in [1.54, 1.807) is 6.20 Å². The minimum atomic E-state index is -0.767. The lowest BCUT2D eigenvalue weighted by atomic mass is 10.5. The predicted octanol–water partition coefficient (Wildman–Crippen LogP) is -2.20. The number of thiocarbonyl (C=S) groups is 1. The summed E-state index contributed by atoms with van der Waals surface area (Å²) in [6.45, 7) is 0.724. The first-order chi connectivity index (χ1) is 8.09. The SMILES string of the molecule is NC(=S)CNC(=O)C(=O)NCCn1ccnn1. The number of nitrogens with one attached hydrogen (secondary N) is 2. The molecule has 0 aliphatic heterocycles. The van der Waals surface area contributed by atoms with Gasteiger partial charge < -0.3 is 16.4 Å². The van der Waals surface area contributed by atoms with Gasteiger partial charge in [0.1, 0.15) is 0 Å². The molecule has 0 unspecified atom stereocenters. The van der Waals surface area contributed by atoms with E-state index >= 15 is 0 Å². The van der Waals surface area contributed by atoms with Crippen molar-refractivity contribution < 1.29 is 9.59 Å². The van der Waals surface area contributed by atoms with Crippen LogP contribution in [-0.4, -0.2) is 44.9 Å². The van der Waals surface area contributed by atoms with Gasteiger partial charge in [-0.1, -0.05) is 17.4 Å². The topological polar surface area (TPSA) is 115 Å². The Balaban J connectivity index is 2.20. The Hall–Kier alpha value is -2.03. The standard InChI is InChI=1S/C8H12N6O2S/c9-6(17)5-11-8(16)7(15)10-1-3-14-4-2-12-13-14/h2,4H,1,3,5H2,(H2,9,17)(H,10,15)(H,11,16). The third-order valence-electron chi connectivity index (χ3n) is 1.73. The van der Waals surface area contributed by atoms with Gasteiger partial charge in [0.05, 0.1) is 24.3 Å². The van der Waals surface area contributed by atoms with E-state index < -0.39 is 11.8 Å². The number of amides is 2. The molecular formula is C8H12N6O2S. The van der Waals surface area contributed by atoms with E-state index in [2.05, 4.69) is 33.2 Å². The maximum atomic E-state index is 11.2. The van der Waals surface area contributed by atoms with E-state index in [1.807, 2.05) is 0 Å². The van der Waals surface area contributed by atoms with E-state index in [9.17, 15) is 9.59 Å². The maximum Gasteiger partial charge on any atom is 0.309 e. The summed E-state index contributed by atoms with van der Waals surface area (Å²) in [4.78, 5) is 22.5. The quantitative estimate of drug-likeness (QED) is 0.407. The Morgan fingerprint density at radius 2 is 2.06 bits per heavy atom. The Kier molecular flexibility index (Phi) is 5.01. The zero-order valence-corrected chi connectivity index (χ0v) is 9.74. The fourth-order valence-electron chi connectivity index (χ4n) is 0.964. The molecule has 0 fully saturated rings. The second-order valence-electron chi connectivity index (χ2n) is 3.07. The first kappa shape index (κ1) is 13.0. The maximum absolute atomic E-state index is 11.2. The molecule has 1 heterocycles. The van der Waals surface area contributed by atoms with Crippen molar-refractivity contribution in [2.45, 2.75) is 6.54 Å². The van der Waals surface area contributed by atoms with Crippen LogP contribution < -0.4 is 16.4 Å². The van der Waals surface area contributed by atoms with Gasteiger partial charge in [0.2, 0.25) is 0 Å². The smallest absolute Gasteiger partial charge is 0.309 e. The van der Waals surface area contributed by atoms with Crippen LogP contribution in [0.25, 0.3) is 0 Å². The van der Waals surface area contributed by atoms with Crippen molar-refractivity contribution >= 4 is 29.0 Å². The van der Waals surface area contributed by atoms with Crippen LogP contribution in [0, 0.1) is 0 Å². The molecule has 0 saturated heterocycles. The molecule has 0 aliphatic carbocycles. The largest absolute Gasteiger partial charge is 0.392 e. The van der Waals surface area contributed by atoms with Gasteiger partial charge in [-0.15, -0.1) is 5.10 Å². The zero-order valence-electron chi connectivity index (χ0n) is 8.92. The Bertz CT molecular complexity index is 404. The second kappa shape index (κ2) is 6.53. The molecule has 9 heteroatoms. The first-order valence-electron chi connectivity index (χ1n) is 4.78. The predicted molar refractivity (Wildman–Crippen MR) is 62.8 cm³/mol. The van der Waals surface area contributed by atoms with E-state index in [0.29, 0.717) is 6.54 Å². The highest BCUT2D eigenvalue weighted by Gasteiger charge is 2.11. The lowest BCUT2D eigenvalue weighted by Gasteiger charge is -2.05. The number of aromatic nitrogens is 3. The Morgan fingerprint density at radius 3 is 2.65 bits per heavy atom. The normalized spacial score (nSPS) is 9.65. The van der Waals surface area contributed by atoms with Crippen LogP contribution in [0.1, 0.15) is 0 Å². The summed E-state index contributed by atoms with van der Waals surface area (Å²) in [5.74, 6) is -1.50. The minimum Gasteiger partial charge on any atom is -0.392 e. The van der Waals surface area contributed by atoms with Crippen LogP contribution in [0.5, 0.6) is 0 Å². The molecule has 0 aromatic carbocycles. The summed E-state index contributed by atoms with van der Waals surface area (Å²) in [6.07, 6.45) is 3.18. The fraction of sp³-hybridized carbons (Fsp3) is 0.375. The lowest BCUT2D eigenvalue weighted by molar-refractivity contribution is -0.139. The number of nitrogens with two attached hydrogens (primary N) is 1. The lowest BCUT2D eigenvalue weighted by Crippen LogP contribution is -2.43. The molecule has 92 valence electrons. The molecule has 0 aliphatic rings. The van der Waals surface area contributed by atoms with Crippen molar-refractivity contribution in [1.29, 1.82) is 0 Å². The molecule has 0 bridgehead atoms. The average Bonchev–Trinajstić information content (AvgIpc) is 2.78. The highest BCUT2D eigenvalue weighted by Crippen LogP contribution is 1.79. The van der Waals surface area contributed by atoms with Crippen LogP contribution in [-0.2, 0) is 16.1 Å². The fourth-order valence-corrected chi connectivity index (χ4v) is 1.04.